The van der Waals surface area contributed by atoms with Crippen LogP contribution in [-0.2, 0) is 11.3 Å². The fourth-order valence-corrected chi connectivity index (χ4v) is 4.76. The molecule has 0 spiro atoms. The van der Waals surface area contributed by atoms with Gasteiger partial charge in [-0.25, -0.2) is 9.18 Å². The SMILES string of the molecule is Cc1ccccc1C1=C[C@H]2C[C@@H]1N(C(=O)CN1Cc3cc(F)ccc3NC1=O)C2. The number of hydrogen-bond acceptors (Lipinski definition) is 2. The molecule has 5 rings (SSSR count). The van der Waals surface area contributed by atoms with Crippen molar-refractivity contribution in [1.29, 1.82) is 0 Å². The summed E-state index contributed by atoms with van der Waals surface area (Å²) >= 11 is 0. The van der Waals surface area contributed by atoms with Crippen molar-refractivity contribution in [1.82, 2.24) is 9.80 Å². The van der Waals surface area contributed by atoms with Gasteiger partial charge in [0.2, 0.25) is 5.91 Å². The number of halogens is 1. The monoisotopic (exact) mass is 391 g/mol. The van der Waals surface area contributed by atoms with Gasteiger partial charge in [-0.2, -0.15) is 0 Å². The van der Waals surface area contributed by atoms with Crippen LogP contribution in [0.25, 0.3) is 5.57 Å². The van der Waals surface area contributed by atoms with Crippen molar-refractivity contribution in [2.75, 3.05) is 18.4 Å². The molecule has 3 amide bonds. The van der Waals surface area contributed by atoms with Crippen LogP contribution in [0.3, 0.4) is 0 Å². The second-order valence-corrected chi connectivity index (χ2v) is 8.08. The van der Waals surface area contributed by atoms with E-state index in [-0.39, 0.29) is 36.9 Å². The highest BCUT2D eigenvalue weighted by Crippen LogP contribution is 2.42. The van der Waals surface area contributed by atoms with Crippen molar-refractivity contribution in [2.45, 2.75) is 25.9 Å². The normalized spacial score (nSPS) is 22.4. The molecule has 0 radical (unpaired) electrons. The first-order valence-corrected chi connectivity index (χ1v) is 9.91. The summed E-state index contributed by atoms with van der Waals surface area (Å²) in [6.07, 6.45) is 3.24. The minimum atomic E-state index is -0.351. The third-order valence-corrected chi connectivity index (χ3v) is 6.17. The Morgan fingerprint density at radius 2 is 2.07 bits per heavy atom. The molecular formula is C23H22FN3O2. The van der Waals surface area contributed by atoms with E-state index in [1.807, 2.05) is 17.0 Å². The zero-order valence-corrected chi connectivity index (χ0v) is 16.2. The highest BCUT2D eigenvalue weighted by Gasteiger charge is 2.42. The van der Waals surface area contributed by atoms with Crippen LogP contribution >= 0.6 is 0 Å². The van der Waals surface area contributed by atoms with Crippen LogP contribution in [0.4, 0.5) is 14.9 Å². The fourth-order valence-electron chi connectivity index (χ4n) is 4.76. The third-order valence-electron chi connectivity index (χ3n) is 6.17. The number of urea groups is 1. The van der Waals surface area contributed by atoms with E-state index in [1.165, 1.54) is 33.7 Å². The summed E-state index contributed by atoms with van der Waals surface area (Å²) in [7, 11) is 0. The summed E-state index contributed by atoms with van der Waals surface area (Å²) in [6.45, 7) is 3.00. The number of hydrogen-bond donors (Lipinski definition) is 1. The molecule has 6 heteroatoms. The van der Waals surface area contributed by atoms with Crippen LogP contribution in [0.2, 0.25) is 0 Å². The lowest BCUT2D eigenvalue weighted by Gasteiger charge is -2.33. The van der Waals surface area contributed by atoms with Crippen LogP contribution in [0.1, 0.15) is 23.1 Å². The summed E-state index contributed by atoms with van der Waals surface area (Å²) < 4.78 is 13.6. The number of nitrogens with one attached hydrogen (secondary N) is 1. The molecular weight excluding hydrogens is 369 g/mol. The Bertz CT molecular complexity index is 1050. The van der Waals surface area contributed by atoms with Gasteiger partial charge in [0, 0.05) is 12.2 Å². The van der Waals surface area contributed by atoms with E-state index in [1.54, 1.807) is 6.07 Å². The molecule has 2 bridgehead atoms. The third kappa shape index (κ3) is 3.09. The van der Waals surface area contributed by atoms with Gasteiger partial charge < -0.3 is 15.1 Å². The van der Waals surface area contributed by atoms with E-state index < -0.39 is 0 Å². The average molecular weight is 391 g/mol. The van der Waals surface area contributed by atoms with Gasteiger partial charge in [-0.05, 0) is 59.7 Å². The van der Waals surface area contributed by atoms with Crippen LogP contribution in [0.5, 0.6) is 0 Å². The van der Waals surface area contributed by atoms with Gasteiger partial charge in [0.25, 0.3) is 0 Å². The molecule has 148 valence electrons. The van der Waals surface area contributed by atoms with Gasteiger partial charge in [0.05, 0.1) is 12.6 Å². The van der Waals surface area contributed by atoms with E-state index >= 15 is 0 Å². The van der Waals surface area contributed by atoms with Crippen molar-refractivity contribution >= 4 is 23.2 Å². The van der Waals surface area contributed by atoms with Crippen LogP contribution in [0, 0.1) is 18.7 Å². The largest absolute Gasteiger partial charge is 0.333 e. The Labute approximate surface area is 168 Å². The Hall–Kier alpha value is -3.15. The minimum absolute atomic E-state index is 0.00788. The highest BCUT2D eigenvalue weighted by atomic mass is 19.1. The first-order chi connectivity index (χ1) is 14.0. The summed E-state index contributed by atoms with van der Waals surface area (Å²) in [5.41, 5.74) is 4.89. The maximum atomic E-state index is 13.6. The molecule has 2 aromatic rings. The second-order valence-electron chi connectivity index (χ2n) is 8.08. The number of fused-ring (bicyclic) bond motifs is 3. The Morgan fingerprint density at radius 3 is 2.86 bits per heavy atom. The van der Waals surface area contributed by atoms with Crippen molar-refractivity contribution in [3.8, 4) is 0 Å². The number of carbonyl (C=O) groups excluding carboxylic acids is 2. The van der Waals surface area contributed by atoms with Crippen LogP contribution in [-0.4, -0.2) is 40.9 Å². The van der Waals surface area contributed by atoms with Gasteiger partial charge in [0.15, 0.2) is 0 Å². The molecule has 0 saturated carbocycles. The lowest BCUT2D eigenvalue weighted by molar-refractivity contribution is -0.132. The lowest BCUT2D eigenvalue weighted by Crippen LogP contribution is -2.48. The standard InChI is InChI=1S/C23H22FN3O2/c1-14-4-2-3-5-18(14)19-8-15-9-21(19)27(11-15)22(28)13-26-12-16-10-17(24)6-7-20(16)25-23(26)29/h2-8,10,15,21H,9,11-13H2,1H3,(H,25,29)/t15-,21-/m0/s1. The summed E-state index contributed by atoms with van der Waals surface area (Å²) in [4.78, 5) is 28.9. The summed E-state index contributed by atoms with van der Waals surface area (Å²) in [6, 6.07) is 12.3. The smallest absolute Gasteiger partial charge is 0.322 e. The number of likely N-dealkylation sites (tertiary alicyclic amines) is 1. The molecule has 2 atom stereocenters. The minimum Gasteiger partial charge on any atom is -0.333 e. The predicted molar refractivity (Wildman–Crippen MR) is 109 cm³/mol. The fraction of sp³-hybridized carbons (Fsp3) is 0.304. The topological polar surface area (TPSA) is 52.7 Å². The van der Waals surface area contributed by atoms with Crippen molar-refractivity contribution < 1.29 is 14.0 Å². The molecule has 1 saturated heterocycles. The summed E-state index contributed by atoms with van der Waals surface area (Å²) in [5.74, 6) is -0.0497. The first-order valence-electron chi connectivity index (χ1n) is 9.91. The number of rotatable bonds is 3. The Balaban J connectivity index is 1.33. The van der Waals surface area contributed by atoms with Gasteiger partial charge in [-0.15, -0.1) is 0 Å². The van der Waals surface area contributed by atoms with E-state index in [2.05, 4.69) is 30.4 Å². The van der Waals surface area contributed by atoms with Crippen molar-refractivity contribution in [3.63, 3.8) is 0 Å². The molecule has 3 aliphatic rings. The van der Waals surface area contributed by atoms with Crippen molar-refractivity contribution in [3.05, 3.63) is 71.0 Å². The van der Waals surface area contributed by atoms with Crippen LogP contribution < -0.4 is 5.32 Å². The van der Waals surface area contributed by atoms with E-state index in [9.17, 15) is 14.0 Å². The maximum absolute atomic E-state index is 13.6. The first kappa shape index (κ1) is 17.9. The molecule has 1 aliphatic carbocycles. The molecule has 5 nitrogen and oxygen atoms in total. The van der Waals surface area contributed by atoms with Gasteiger partial charge in [-0.1, -0.05) is 30.3 Å². The zero-order chi connectivity index (χ0) is 20.1. The predicted octanol–water partition coefficient (Wildman–Crippen LogP) is 3.80. The molecule has 0 aromatic heterocycles. The summed E-state index contributed by atoms with van der Waals surface area (Å²) in [5, 5.41) is 2.75. The second kappa shape index (κ2) is 6.72. The molecule has 2 heterocycles. The highest BCUT2D eigenvalue weighted by molar-refractivity contribution is 5.95. The number of nitrogens with zero attached hydrogens (tertiary/aromatic N) is 2. The number of aryl methyl sites for hydroxylation is 1. The average Bonchev–Trinajstić information content (AvgIpc) is 3.30. The molecule has 1 N–H and O–H groups in total. The molecule has 29 heavy (non-hydrogen) atoms. The van der Waals surface area contributed by atoms with Gasteiger partial charge in [0.1, 0.15) is 12.4 Å². The van der Waals surface area contributed by atoms with Gasteiger partial charge in [-0.3, -0.25) is 4.79 Å². The number of benzene rings is 2. The lowest BCUT2D eigenvalue weighted by atomic mass is 9.96. The van der Waals surface area contributed by atoms with E-state index in [0.29, 0.717) is 23.7 Å². The molecule has 2 aromatic carbocycles. The van der Waals surface area contributed by atoms with E-state index in [4.69, 9.17) is 0 Å². The molecule has 1 fully saturated rings. The maximum Gasteiger partial charge on any atom is 0.322 e. The van der Waals surface area contributed by atoms with Crippen molar-refractivity contribution in [2.24, 2.45) is 5.92 Å². The zero-order valence-electron chi connectivity index (χ0n) is 16.2. The number of anilines is 1. The Morgan fingerprint density at radius 1 is 1.24 bits per heavy atom. The van der Waals surface area contributed by atoms with Crippen LogP contribution in [0.15, 0.2) is 48.5 Å². The number of amides is 3. The Kier molecular flexibility index (Phi) is 4.15. The molecule has 2 aliphatic heterocycles. The number of carbonyl (C=O) groups is 2. The van der Waals surface area contributed by atoms with Gasteiger partial charge >= 0.3 is 6.03 Å². The van der Waals surface area contributed by atoms with E-state index in [0.717, 1.165) is 6.42 Å². The quantitative estimate of drug-likeness (QED) is 0.865. The molecule has 0 unspecified atom stereocenters.